The van der Waals surface area contributed by atoms with Gasteiger partial charge in [-0.15, -0.1) is 0 Å². The van der Waals surface area contributed by atoms with Crippen molar-refractivity contribution in [1.29, 1.82) is 0 Å². The van der Waals surface area contributed by atoms with Gasteiger partial charge in [0.1, 0.15) is 5.82 Å². The Morgan fingerprint density at radius 2 is 1.73 bits per heavy atom. The summed E-state index contributed by atoms with van der Waals surface area (Å²) in [6, 6.07) is 0. The minimum absolute atomic E-state index is 0. The molecule has 0 aliphatic rings. The maximum Gasteiger partial charge on any atom is 2.00 e. The maximum absolute atomic E-state index is 3.96. The van der Waals surface area contributed by atoms with E-state index in [1.54, 1.807) is 0 Å². The van der Waals surface area contributed by atoms with E-state index in [0.717, 1.165) is 11.5 Å². The van der Waals surface area contributed by atoms with Gasteiger partial charge in [-0.2, -0.15) is 0 Å². The Morgan fingerprint density at radius 1 is 1.27 bits per heavy atom. The number of nitrogens with zero attached hydrogens (tertiary/aromatic N) is 1. The quantitative estimate of drug-likeness (QED) is 0.476. The Hall–Kier alpha value is 0.438. The second kappa shape index (κ2) is 10.4. The monoisotopic (exact) mass is 378 g/mol. The number of nitrogens with one attached hydrogen (secondary N) is 1. The van der Waals surface area contributed by atoms with Crippen LogP contribution in [0, 0.1) is 13.8 Å². The standard InChI is InChI=1S/C5H8N2.2ClH.H3N.Pt/c1-4-3-6-5(2)7-4;;;;/h3H,1-2H3,(H,6,7);2*1H;1H3;/q;;;;+2/p-2. The Morgan fingerprint density at radius 3 is 1.82 bits per heavy atom. The zero-order chi connectivity index (χ0) is 5.28. The molecular weight excluding hydrogens is 368 g/mol. The van der Waals surface area contributed by atoms with Gasteiger partial charge in [0.25, 0.3) is 0 Å². The van der Waals surface area contributed by atoms with Crippen molar-refractivity contribution in [1.82, 2.24) is 16.1 Å². The first-order valence-corrected chi connectivity index (χ1v) is 2.27. The van der Waals surface area contributed by atoms with E-state index in [0.29, 0.717) is 0 Å². The van der Waals surface area contributed by atoms with Crippen LogP contribution in [0.5, 0.6) is 0 Å². The number of hydrogen-bond acceptors (Lipinski definition) is 2. The molecule has 0 saturated carbocycles. The molecule has 0 radical (unpaired) electrons. The summed E-state index contributed by atoms with van der Waals surface area (Å²) in [7, 11) is 0. The van der Waals surface area contributed by atoms with Crippen molar-refractivity contribution in [2.45, 2.75) is 13.8 Å². The van der Waals surface area contributed by atoms with Crippen molar-refractivity contribution in [3.8, 4) is 0 Å². The summed E-state index contributed by atoms with van der Waals surface area (Å²) in [5.41, 5.74) is 1.12. The molecule has 0 atom stereocenters. The van der Waals surface area contributed by atoms with Gasteiger partial charge in [-0.05, 0) is 13.8 Å². The number of rotatable bonds is 0. The van der Waals surface area contributed by atoms with Gasteiger partial charge in [0.05, 0.1) is 0 Å². The van der Waals surface area contributed by atoms with Crippen LogP contribution in [0.3, 0.4) is 0 Å². The van der Waals surface area contributed by atoms with Crippen molar-refractivity contribution in [2.24, 2.45) is 0 Å². The zero-order valence-corrected chi connectivity index (χ0v) is 10.1. The van der Waals surface area contributed by atoms with Crippen LogP contribution in [0.2, 0.25) is 0 Å². The molecule has 0 aromatic carbocycles. The maximum atomic E-state index is 3.96. The van der Waals surface area contributed by atoms with E-state index < -0.39 is 0 Å². The van der Waals surface area contributed by atoms with Gasteiger partial charge < -0.3 is 35.9 Å². The molecule has 0 aliphatic heterocycles. The summed E-state index contributed by atoms with van der Waals surface area (Å²) in [5, 5.41) is 0. The van der Waals surface area contributed by atoms with E-state index in [9.17, 15) is 0 Å². The molecule has 0 amide bonds. The molecule has 4 N–H and O–H groups in total. The predicted octanol–water partition coefficient (Wildman–Crippen LogP) is -4.81. The van der Waals surface area contributed by atoms with Crippen LogP contribution in [0.25, 0.3) is 0 Å². The molecule has 0 spiro atoms. The minimum atomic E-state index is 0. The average molecular weight is 379 g/mol. The van der Waals surface area contributed by atoms with Gasteiger partial charge in [-0.25, -0.2) is 4.98 Å². The van der Waals surface area contributed by atoms with Crippen molar-refractivity contribution in [3.05, 3.63) is 17.7 Å². The predicted molar refractivity (Wildman–Crippen MR) is 33.1 cm³/mol. The number of aromatic nitrogens is 2. The van der Waals surface area contributed by atoms with E-state index in [-0.39, 0.29) is 52.0 Å². The fourth-order valence-electron chi connectivity index (χ4n) is 0.544. The summed E-state index contributed by atoms with van der Waals surface area (Å²) in [4.78, 5) is 6.99. The van der Waals surface area contributed by atoms with Crippen LogP contribution in [-0.2, 0) is 21.1 Å². The topological polar surface area (TPSA) is 63.7 Å². The second-order valence-corrected chi connectivity index (χ2v) is 1.65. The average Bonchev–Trinajstić information content (AvgIpc) is 1.87. The van der Waals surface area contributed by atoms with E-state index in [4.69, 9.17) is 0 Å². The Bertz CT molecular complexity index is 152. The SMILES string of the molecule is Cc1cnc(C)[nH]1.N.[Cl-].[Cl-].[Pt+2]. The Balaban J connectivity index is -0.0000000612. The van der Waals surface area contributed by atoms with Crippen LogP contribution in [0.4, 0.5) is 0 Å². The number of halogens is 2. The van der Waals surface area contributed by atoms with Crippen molar-refractivity contribution in [2.75, 3.05) is 0 Å². The second-order valence-electron chi connectivity index (χ2n) is 1.65. The molecule has 0 aliphatic carbocycles. The van der Waals surface area contributed by atoms with Crippen molar-refractivity contribution < 1.29 is 45.9 Å². The summed E-state index contributed by atoms with van der Waals surface area (Å²) < 4.78 is 0. The van der Waals surface area contributed by atoms with Crippen LogP contribution in [-0.4, -0.2) is 9.97 Å². The molecule has 11 heavy (non-hydrogen) atoms. The number of aromatic amines is 1. The number of imidazole rings is 1. The molecule has 3 nitrogen and oxygen atoms in total. The molecular formula is C5H11Cl2N3Pt. The van der Waals surface area contributed by atoms with Crippen molar-refractivity contribution >= 4 is 0 Å². The van der Waals surface area contributed by atoms with E-state index in [1.807, 2.05) is 20.0 Å². The first-order chi connectivity index (χ1) is 3.29. The molecule has 0 bridgehead atoms. The van der Waals surface area contributed by atoms with E-state index in [2.05, 4.69) is 9.97 Å². The molecule has 1 aromatic heterocycles. The van der Waals surface area contributed by atoms with Gasteiger partial charge in [0.15, 0.2) is 0 Å². The van der Waals surface area contributed by atoms with Gasteiger partial charge in [-0.1, -0.05) is 0 Å². The third-order valence-corrected chi connectivity index (χ3v) is 0.830. The third-order valence-electron chi connectivity index (χ3n) is 0.830. The summed E-state index contributed by atoms with van der Waals surface area (Å²) in [6.07, 6.45) is 1.81. The molecule has 1 heterocycles. The number of hydrogen-bond donors (Lipinski definition) is 2. The molecule has 0 unspecified atom stereocenters. The van der Waals surface area contributed by atoms with E-state index in [1.165, 1.54) is 0 Å². The summed E-state index contributed by atoms with van der Waals surface area (Å²) >= 11 is 0. The van der Waals surface area contributed by atoms with E-state index >= 15 is 0 Å². The van der Waals surface area contributed by atoms with Crippen LogP contribution in [0.15, 0.2) is 6.20 Å². The molecule has 0 saturated heterocycles. The smallest absolute Gasteiger partial charge is 1.00 e. The number of H-pyrrole nitrogens is 1. The zero-order valence-electron chi connectivity index (χ0n) is 6.30. The normalized spacial score (nSPS) is 6.00. The molecule has 70 valence electrons. The fraction of sp³-hybridized carbons (Fsp3) is 0.400. The van der Waals surface area contributed by atoms with Crippen LogP contribution in [0.1, 0.15) is 11.5 Å². The Kier molecular flexibility index (Phi) is 21.4. The summed E-state index contributed by atoms with van der Waals surface area (Å²) in [5.74, 6) is 0.984. The fourth-order valence-corrected chi connectivity index (χ4v) is 0.544. The van der Waals surface area contributed by atoms with Crippen molar-refractivity contribution in [3.63, 3.8) is 0 Å². The molecule has 1 aromatic rings. The third kappa shape index (κ3) is 8.34. The first kappa shape index (κ1) is 22.5. The van der Waals surface area contributed by atoms with Gasteiger partial charge >= 0.3 is 21.1 Å². The van der Waals surface area contributed by atoms with Crippen LogP contribution >= 0.6 is 0 Å². The van der Waals surface area contributed by atoms with Gasteiger partial charge in [0.2, 0.25) is 0 Å². The number of aryl methyl sites for hydroxylation is 2. The molecule has 6 heteroatoms. The molecule has 1 rings (SSSR count). The molecule has 0 fully saturated rings. The first-order valence-electron chi connectivity index (χ1n) is 2.27. The summed E-state index contributed by atoms with van der Waals surface area (Å²) in [6.45, 7) is 3.92. The van der Waals surface area contributed by atoms with Gasteiger partial charge in [-0.3, -0.25) is 0 Å². The van der Waals surface area contributed by atoms with Crippen LogP contribution < -0.4 is 31.0 Å². The van der Waals surface area contributed by atoms with Gasteiger partial charge in [0, 0.05) is 11.9 Å². The minimum Gasteiger partial charge on any atom is -1.00 e. The Labute approximate surface area is 93.4 Å². The largest absolute Gasteiger partial charge is 2.00 e.